The molecule has 0 spiro atoms. The van der Waals surface area contributed by atoms with Gasteiger partial charge < -0.3 is 10.6 Å². The van der Waals surface area contributed by atoms with Crippen molar-refractivity contribution in [2.45, 2.75) is 49.8 Å². The van der Waals surface area contributed by atoms with E-state index in [-0.39, 0.29) is 29.1 Å². The van der Waals surface area contributed by atoms with Crippen molar-refractivity contribution in [3.05, 3.63) is 0 Å². The van der Waals surface area contributed by atoms with Gasteiger partial charge in [-0.05, 0) is 44.9 Å². The summed E-state index contributed by atoms with van der Waals surface area (Å²) in [7, 11) is 0. The quantitative estimate of drug-likeness (QED) is 0.829. The molecule has 0 aromatic carbocycles. The molecule has 0 radical (unpaired) electrons. The van der Waals surface area contributed by atoms with Crippen LogP contribution in [0.4, 0.5) is 0 Å². The third kappa shape index (κ3) is 4.34. The van der Waals surface area contributed by atoms with Crippen molar-refractivity contribution in [3.63, 3.8) is 0 Å². The Morgan fingerprint density at radius 1 is 1.47 bits per heavy atom. The summed E-state index contributed by atoms with van der Waals surface area (Å²) in [4.78, 5) is 11.9. The Balaban J connectivity index is 0.00000144. The maximum Gasteiger partial charge on any atom is 0.237 e. The van der Waals surface area contributed by atoms with Gasteiger partial charge in [-0.3, -0.25) is 4.79 Å². The molecule has 0 aromatic heterocycles. The summed E-state index contributed by atoms with van der Waals surface area (Å²) < 4.78 is 0.282. The Kier molecular flexibility index (Phi) is 6.10. The van der Waals surface area contributed by atoms with E-state index >= 15 is 0 Å². The zero-order chi connectivity index (χ0) is 11.4. The molecule has 2 N–H and O–H groups in total. The van der Waals surface area contributed by atoms with E-state index in [0.29, 0.717) is 0 Å². The molecule has 0 saturated carbocycles. The van der Waals surface area contributed by atoms with Crippen LogP contribution >= 0.6 is 24.2 Å². The summed E-state index contributed by atoms with van der Waals surface area (Å²) in [6.07, 6.45) is 5.90. The normalized spacial score (nSPS) is 32.9. The minimum absolute atomic E-state index is 0. The van der Waals surface area contributed by atoms with Gasteiger partial charge in [0.1, 0.15) is 0 Å². The maximum atomic E-state index is 11.9. The summed E-state index contributed by atoms with van der Waals surface area (Å²) >= 11 is 2.00. The number of hydrogen-bond acceptors (Lipinski definition) is 3. The lowest BCUT2D eigenvalue weighted by molar-refractivity contribution is -0.123. The van der Waals surface area contributed by atoms with Crippen LogP contribution in [0.15, 0.2) is 0 Å². The number of nitrogens with one attached hydrogen (secondary N) is 2. The molecule has 17 heavy (non-hydrogen) atoms. The van der Waals surface area contributed by atoms with Crippen molar-refractivity contribution in [1.29, 1.82) is 0 Å². The molecule has 2 aliphatic rings. The van der Waals surface area contributed by atoms with Gasteiger partial charge in [0.25, 0.3) is 0 Å². The summed E-state index contributed by atoms with van der Waals surface area (Å²) in [6.45, 7) is 4.08. The smallest absolute Gasteiger partial charge is 0.237 e. The molecule has 2 heterocycles. The molecule has 1 amide bonds. The van der Waals surface area contributed by atoms with Gasteiger partial charge in [0.2, 0.25) is 5.91 Å². The maximum absolute atomic E-state index is 11.9. The van der Waals surface area contributed by atoms with Gasteiger partial charge in [-0.15, -0.1) is 12.4 Å². The Hall–Kier alpha value is 0.0700. The lowest BCUT2D eigenvalue weighted by Crippen LogP contribution is -2.49. The number of piperidine rings is 1. The summed E-state index contributed by atoms with van der Waals surface area (Å²) in [6, 6.07) is 0.0590. The van der Waals surface area contributed by atoms with Gasteiger partial charge in [-0.25, -0.2) is 0 Å². The first-order chi connectivity index (χ1) is 7.70. The SMILES string of the molecule is CC1(CNC(=O)C2CCCCN2)CCCS1.Cl. The summed E-state index contributed by atoms with van der Waals surface area (Å²) in [5, 5.41) is 6.40. The van der Waals surface area contributed by atoms with Gasteiger partial charge in [-0.1, -0.05) is 6.42 Å². The second kappa shape index (κ2) is 6.86. The summed E-state index contributed by atoms with van der Waals surface area (Å²) in [5.41, 5.74) is 0. The van der Waals surface area contributed by atoms with E-state index in [1.807, 2.05) is 11.8 Å². The number of carbonyl (C=O) groups excluding carboxylic acids is 1. The predicted octanol–water partition coefficient (Wildman–Crippen LogP) is 1.95. The van der Waals surface area contributed by atoms with Gasteiger partial charge in [0.15, 0.2) is 0 Å². The average Bonchev–Trinajstić information content (AvgIpc) is 2.75. The molecular weight excluding hydrogens is 256 g/mol. The van der Waals surface area contributed by atoms with Gasteiger partial charge in [0.05, 0.1) is 6.04 Å². The van der Waals surface area contributed by atoms with Crippen molar-refractivity contribution in [1.82, 2.24) is 10.6 Å². The van der Waals surface area contributed by atoms with Crippen LogP contribution < -0.4 is 10.6 Å². The van der Waals surface area contributed by atoms with E-state index in [0.717, 1.165) is 19.5 Å². The van der Waals surface area contributed by atoms with Crippen LogP contribution in [0.5, 0.6) is 0 Å². The van der Waals surface area contributed by atoms with Crippen LogP contribution in [0, 0.1) is 0 Å². The number of carbonyl (C=O) groups is 1. The fourth-order valence-corrected chi connectivity index (χ4v) is 3.69. The molecule has 5 heteroatoms. The molecule has 2 unspecified atom stereocenters. The second-order valence-electron chi connectivity index (χ2n) is 5.12. The first-order valence-corrected chi connectivity index (χ1v) is 7.33. The first-order valence-electron chi connectivity index (χ1n) is 6.35. The minimum atomic E-state index is 0. The highest BCUT2D eigenvalue weighted by Gasteiger charge is 2.30. The fourth-order valence-electron chi connectivity index (χ4n) is 2.45. The van der Waals surface area contributed by atoms with E-state index in [4.69, 9.17) is 0 Å². The molecule has 2 rings (SSSR count). The number of halogens is 1. The highest BCUT2D eigenvalue weighted by Crippen LogP contribution is 2.36. The largest absolute Gasteiger partial charge is 0.353 e. The number of hydrogen-bond donors (Lipinski definition) is 2. The molecular formula is C12H23ClN2OS. The molecule has 2 saturated heterocycles. The van der Waals surface area contributed by atoms with Crippen LogP contribution in [-0.2, 0) is 4.79 Å². The molecule has 2 atom stereocenters. The molecule has 100 valence electrons. The van der Waals surface area contributed by atoms with Gasteiger partial charge >= 0.3 is 0 Å². The molecule has 3 nitrogen and oxygen atoms in total. The highest BCUT2D eigenvalue weighted by molar-refractivity contribution is 8.00. The Bertz CT molecular complexity index is 251. The Labute approximate surface area is 114 Å². The van der Waals surface area contributed by atoms with E-state index < -0.39 is 0 Å². The summed E-state index contributed by atoms with van der Waals surface area (Å²) in [5.74, 6) is 1.45. The highest BCUT2D eigenvalue weighted by atomic mass is 35.5. The van der Waals surface area contributed by atoms with Gasteiger partial charge in [-0.2, -0.15) is 11.8 Å². The zero-order valence-corrected chi connectivity index (χ0v) is 12.1. The Morgan fingerprint density at radius 2 is 2.29 bits per heavy atom. The lowest BCUT2D eigenvalue weighted by atomic mass is 10.0. The topological polar surface area (TPSA) is 41.1 Å². The number of rotatable bonds is 3. The molecule has 2 aliphatic heterocycles. The van der Waals surface area contributed by atoms with E-state index in [1.165, 1.54) is 31.4 Å². The molecule has 0 bridgehead atoms. The third-order valence-electron chi connectivity index (χ3n) is 3.56. The Morgan fingerprint density at radius 3 is 2.88 bits per heavy atom. The van der Waals surface area contributed by atoms with Crippen LogP contribution in [0.3, 0.4) is 0 Å². The number of amides is 1. The predicted molar refractivity (Wildman–Crippen MR) is 76.0 cm³/mol. The third-order valence-corrected chi connectivity index (χ3v) is 5.10. The second-order valence-corrected chi connectivity index (χ2v) is 6.80. The zero-order valence-electron chi connectivity index (χ0n) is 10.5. The first kappa shape index (κ1) is 15.1. The average molecular weight is 279 g/mol. The number of thioether (sulfide) groups is 1. The lowest BCUT2D eigenvalue weighted by Gasteiger charge is -2.27. The van der Waals surface area contributed by atoms with Crippen molar-refractivity contribution in [3.8, 4) is 0 Å². The van der Waals surface area contributed by atoms with Crippen molar-refractivity contribution in [2.75, 3.05) is 18.8 Å². The monoisotopic (exact) mass is 278 g/mol. The minimum Gasteiger partial charge on any atom is -0.353 e. The fraction of sp³-hybridized carbons (Fsp3) is 0.917. The van der Waals surface area contributed by atoms with Crippen LogP contribution in [0.2, 0.25) is 0 Å². The van der Waals surface area contributed by atoms with Crippen molar-refractivity contribution >= 4 is 30.1 Å². The van der Waals surface area contributed by atoms with E-state index in [9.17, 15) is 4.79 Å². The molecule has 0 aromatic rings. The molecule has 0 aliphatic carbocycles. The van der Waals surface area contributed by atoms with Crippen molar-refractivity contribution < 1.29 is 4.79 Å². The van der Waals surface area contributed by atoms with Crippen LogP contribution in [0.25, 0.3) is 0 Å². The van der Waals surface area contributed by atoms with Gasteiger partial charge in [0, 0.05) is 11.3 Å². The molecule has 2 fully saturated rings. The van der Waals surface area contributed by atoms with E-state index in [1.54, 1.807) is 0 Å². The van der Waals surface area contributed by atoms with Crippen molar-refractivity contribution in [2.24, 2.45) is 0 Å². The standard InChI is InChI=1S/C12H22N2OS.ClH/c1-12(6-4-8-16-12)9-14-11(15)10-5-2-3-7-13-10;/h10,13H,2-9H2,1H3,(H,14,15);1H. The van der Waals surface area contributed by atoms with E-state index in [2.05, 4.69) is 17.6 Å². The van der Waals surface area contributed by atoms with Crippen LogP contribution in [0.1, 0.15) is 39.0 Å². The van der Waals surface area contributed by atoms with Crippen LogP contribution in [-0.4, -0.2) is 35.5 Å².